The molecule has 0 radical (unpaired) electrons. The highest BCUT2D eigenvalue weighted by Gasteiger charge is 2.23. The van der Waals surface area contributed by atoms with Crippen molar-refractivity contribution in [2.75, 3.05) is 24.2 Å². The number of carbonyl (C=O) groups is 2. The molecule has 0 bridgehead atoms. The lowest BCUT2D eigenvalue weighted by Crippen LogP contribution is -2.12. The molecule has 2 aliphatic rings. The Labute approximate surface area is 216 Å². The standard InChI is InChI=1S/C30H20N2O6/c33-29(23-3-1-5-25-27(23)37-15-35-25)31-21-9-7-17-12-20-14-22(10-8-18(20)11-19(17)13-21)32-30(34)24-4-2-6-26-28(24)38-16-36-26/h1-14H,15-16H2,(H,31,33)(H,32,34). The van der Waals surface area contributed by atoms with Crippen molar-refractivity contribution in [3.8, 4) is 23.0 Å². The number of para-hydroxylation sites is 2. The van der Waals surface area contributed by atoms with Crippen molar-refractivity contribution in [3.05, 3.63) is 96.1 Å². The quantitative estimate of drug-likeness (QED) is 0.294. The third kappa shape index (κ3) is 3.79. The Morgan fingerprint density at radius 3 is 1.47 bits per heavy atom. The first kappa shape index (κ1) is 22.0. The van der Waals surface area contributed by atoms with Crippen molar-refractivity contribution in [1.29, 1.82) is 0 Å². The maximum absolute atomic E-state index is 12.9. The van der Waals surface area contributed by atoms with Gasteiger partial charge in [0, 0.05) is 11.4 Å². The van der Waals surface area contributed by atoms with E-state index in [-0.39, 0.29) is 25.4 Å². The number of hydrogen-bond acceptors (Lipinski definition) is 6. The maximum atomic E-state index is 12.9. The smallest absolute Gasteiger partial charge is 0.259 e. The Morgan fingerprint density at radius 2 is 1.00 bits per heavy atom. The van der Waals surface area contributed by atoms with Gasteiger partial charge in [-0.25, -0.2) is 0 Å². The lowest BCUT2D eigenvalue weighted by atomic mass is 10.0. The molecule has 2 aliphatic heterocycles. The number of rotatable bonds is 4. The number of ether oxygens (including phenoxy) is 4. The van der Waals surface area contributed by atoms with Crippen LogP contribution in [0.1, 0.15) is 20.7 Å². The van der Waals surface area contributed by atoms with E-state index in [4.69, 9.17) is 18.9 Å². The van der Waals surface area contributed by atoms with E-state index in [1.807, 2.05) is 36.4 Å². The van der Waals surface area contributed by atoms with Crippen LogP contribution in [0.2, 0.25) is 0 Å². The Hall–Kier alpha value is -5.24. The zero-order valence-corrected chi connectivity index (χ0v) is 19.9. The molecule has 0 aromatic heterocycles. The summed E-state index contributed by atoms with van der Waals surface area (Å²) in [7, 11) is 0. The summed E-state index contributed by atoms with van der Waals surface area (Å²) in [4.78, 5) is 25.8. The first-order valence-corrected chi connectivity index (χ1v) is 12.0. The molecule has 8 heteroatoms. The van der Waals surface area contributed by atoms with E-state index < -0.39 is 0 Å². The van der Waals surface area contributed by atoms with Crippen molar-refractivity contribution in [3.63, 3.8) is 0 Å². The second-order valence-electron chi connectivity index (χ2n) is 8.96. The molecule has 186 valence electrons. The fourth-order valence-corrected chi connectivity index (χ4v) is 4.77. The Morgan fingerprint density at radius 1 is 0.526 bits per heavy atom. The van der Waals surface area contributed by atoms with Gasteiger partial charge in [-0.05, 0) is 82.2 Å². The molecule has 0 atom stereocenters. The summed E-state index contributed by atoms with van der Waals surface area (Å²) in [6.07, 6.45) is 0. The van der Waals surface area contributed by atoms with Crippen LogP contribution in [0.15, 0.2) is 84.9 Å². The molecule has 0 saturated heterocycles. The maximum Gasteiger partial charge on any atom is 0.259 e. The van der Waals surface area contributed by atoms with Crippen LogP contribution >= 0.6 is 0 Å². The van der Waals surface area contributed by atoms with Crippen LogP contribution in [0.5, 0.6) is 23.0 Å². The average molecular weight is 504 g/mol. The topological polar surface area (TPSA) is 95.1 Å². The first-order valence-electron chi connectivity index (χ1n) is 12.0. The summed E-state index contributed by atoms with van der Waals surface area (Å²) >= 11 is 0. The van der Waals surface area contributed by atoms with Crippen molar-refractivity contribution in [2.45, 2.75) is 0 Å². The SMILES string of the molecule is O=C(Nc1ccc2cc3cc(NC(=O)c4cccc5c4OCO5)ccc3cc2c1)c1cccc2c1OCO2. The van der Waals surface area contributed by atoms with Gasteiger partial charge in [0.05, 0.1) is 11.1 Å². The van der Waals surface area contributed by atoms with E-state index in [1.54, 1.807) is 36.4 Å². The van der Waals surface area contributed by atoms with Crippen molar-refractivity contribution >= 4 is 44.7 Å². The van der Waals surface area contributed by atoms with Gasteiger partial charge in [0.15, 0.2) is 23.0 Å². The van der Waals surface area contributed by atoms with Crippen LogP contribution < -0.4 is 29.6 Å². The van der Waals surface area contributed by atoms with Gasteiger partial charge in [0.1, 0.15) is 0 Å². The fourth-order valence-electron chi connectivity index (χ4n) is 4.77. The van der Waals surface area contributed by atoms with E-state index in [2.05, 4.69) is 22.8 Å². The molecule has 2 N–H and O–H groups in total. The lowest BCUT2D eigenvalue weighted by Gasteiger charge is -2.11. The molecule has 5 aromatic carbocycles. The van der Waals surface area contributed by atoms with Crippen LogP contribution in [0.3, 0.4) is 0 Å². The lowest BCUT2D eigenvalue weighted by molar-refractivity contribution is 0.101. The zero-order chi connectivity index (χ0) is 25.6. The van der Waals surface area contributed by atoms with Crippen molar-refractivity contribution in [2.24, 2.45) is 0 Å². The number of carbonyl (C=O) groups excluding carboxylic acids is 2. The predicted molar refractivity (Wildman–Crippen MR) is 142 cm³/mol. The van der Waals surface area contributed by atoms with Crippen molar-refractivity contribution < 1.29 is 28.5 Å². The highest BCUT2D eigenvalue weighted by molar-refractivity contribution is 6.10. The minimum absolute atomic E-state index is 0.103. The van der Waals surface area contributed by atoms with Gasteiger partial charge in [0.2, 0.25) is 13.6 Å². The molecular formula is C30H20N2O6. The first-order chi connectivity index (χ1) is 18.6. The molecule has 2 amide bonds. The number of nitrogens with one attached hydrogen (secondary N) is 2. The predicted octanol–water partition coefficient (Wildman–Crippen LogP) is 5.96. The molecule has 0 aliphatic carbocycles. The molecule has 0 saturated carbocycles. The largest absolute Gasteiger partial charge is 0.454 e. The summed E-state index contributed by atoms with van der Waals surface area (Å²) in [5, 5.41) is 9.86. The van der Waals surface area contributed by atoms with Crippen LogP contribution in [-0.4, -0.2) is 25.4 Å². The second-order valence-corrected chi connectivity index (χ2v) is 8.96. The highest BCUT2D eigenvalue weighted by Crippen LogP contribution is 2.37. The molecule has 2 heterocycles. The van der Waals surface area contributed by atoms with E-state index in [0.29, 0.717) is 45.5 Å². The van der Waals surface area contributed by atoms with E-state index in [1.165, 1.54) is 0 Å². The van der Waals surface area contributed by atoms with Gasteiger partial charge in [-0.1, -0.05) is 24.3 Å². The summed E-state index contributed by atoms with van der Waals surface area (Å²) in [6, 6.07) is 26.1. The fraction of sp³-hybridized carbons (Fsp3) is 0.0667. The number of hydrogen-bond donors (Lipinski definition) is 2. The van der Waals surface area contributed by atoms with E-state index >= 15 is 0 Å². The van der Waals surface area contributed by atoms with E-state index in [0.717, 1.165) is 21.5 Å². The molecule has 8 nitrogen and oxygen atoms in total. The van der Waals surface area contributed by atoms with Crippen LogP contribution in [0, 0.1) is 0 Å². The summed E-state index contributed by atoms with van der Waals surface area (Å²) in [5.41, 5.74) is 2.19. The number of benzene rings is 5. The Kier molecular flexibility index (Phi) is 5.04. The molecule has 0 unspecified atom stereocenters. The molecule has 0 spiro atoms. The van der Waals surface area contributed by atoms with Gasteiger partial charge < -0.3 is 29.6 Å². The third-order valence-electron chi connectivity index (χ3n) is 6.59. The summed E-state index contributed by atoms with van der Waals surface area (Å²) < 4.78 is 21.7. The molecular weight excluding hydrogens is 484 g/mol. The zero-order valence-electron chi connectivity index (χ0n) is 19.9. The summed E-state index contributed by atoms with van der Waals surface area (Å²) in [5.74, 6) is 1.50. The van der Waals surface area contributed by atoms with Gasteiger partial charge in [-0.15, -0.1) is 0 Å². The summed E-state index contributed by atoms with van der Waals surface area (Å²) in [6.45, 7) is 0.206. The highest BCUT2D eigenvalue weighted by atomic mass is 16.7. The van der Waals surface area contributed by atoms with Gasteiger partial charge in [-0.2, -0.15) is 0 Å². The number of amides is 2. The van der Waals surface area contributed by atoms with E-state index in [9.17, 15) is 9.59 Å². The van der Waals surface area contributed by atoms with Crippen LogP contribution in [0.4, 0.5) is 11.4 Å². The minimum Gasteiger partial charge on any atom is -0.454 e. The monoisotopic (exact) mass is 504 g/mol. The van der Waals surface area contributed by atoms with Gasteiger partial charge in [0.25, 0.3) is 11.8 Å². The van der Waals surface area contributed by atoms with Crippen molar-refractivity contribution in [1.82, 2.24) is 0 Å². The number of fused-ring (bicyclic) bond motifs is 4. The van der Waals surface area contributed by atoms with Crippen LogP contribution in [0.25, 0.3) is 21.5 Å². The second kappa shape index (κ2) is 8.70. The van der Waals surface area contributed by atoms with Crippen LogP contribution in [-0.2, 0) is 0 Å². The van der Waals surface area contributed by atoms with Gasteiger partial charge >= 0.3 is 0 Å². The number of anilines is 2. The normalized spacial score (nSPS) is 13.1. The molecule has 38 heavy (non-hydrogen) atoms. The molecule has 7 rings (SSSR count). The minimum atomic E-state index is -0.270. The average Bonchev–Trinajstić information content (AvgIpc) is 3.61. The molecule has 5 aromatic rings. The van der Waals surface area contributed by atoms with Gasteiger partial charge in [-0.3, -0.25) is 9.59 Å². The molecule has 0 fully saturated rings. The Bertz CT molecular complexity index is 1650. The Balaban J connectivity index is 1.14. The third-order valence-corrected chi connectivity index (χ3v) is 6.59.